The van der Waals surface area contributed by atoms with Gasteiger partial charge in [-0.15, -0.1) is 0 Å². The van der Waals surface area contributed by atoms with Crippen LogP contribution in [0.3, 0.4) is 0 Å². The lowest BCUT2D eigenvalue weighted by molar-refractivity contribution is 0.122. The van der Waals surface area contributed by atoms with E-state index in [1.807, 2.05) is 24.3 Å². The Labute approximate surface area is 188 Å². The van der Waals surface area contributed by atoms with E-state index in [0.717, 1.165) is 62.1 Å². The van der Waals surface area contributed by atoms with Crippen LogP contribution in [-0.4, -0.2) is 49.4 Å². The molecule has 0 saturated carbocycles. The van der Waals surface area contributed by atoms with E-state index in [1.54, 1.807) is 6.20 Å². The summed E-state index contributed by atoms with van der Waals surface area (Å²) in [5, 5.41) is 13.0. The zero-order valence-corrected chi connectivity index (χ0v) is 18.0. The average Bonchev–Trinajstić information content (AvgIpc) is 3.40. The highest BCUT2D eigenvalue weighted by molar-refractivity contribution is 5.69. The van der Waals surface area contributed by atoms with Gasteiger partial charge in [0.15, 0.2) is 5.82 Å². The Hall–Kier alpha value is -3.63. The largest absolute Gasteiger partial charge is 0.378 e. The Bertz CT molecular complexity index is 1110. The zero-order valence-electron chi connectivity index (χ0n) is 18.0. The number of ether oxygens (including phenoxy) is 1. The third kappa shape index (κ3) is 4.36. The van der Waals surface area contributed by atoms with Crippen LogP contribution in [0.25, 0.3) is 11.4 Å². The van der Waals surface area contributed by atoms with Crippen LogP contribution in [0.15, 0.2) is 54.7 Å². The lowest BCUT2D eigenvalue weighted by Crippen LogP contribution is -2.36. The number of benzene rings is 2. The van der Waals surface area contributed by atoms with Gasteiger partial charge in [-0.1, -0.05) is 0 Å². The molecule has 2 aliphatic heterocycles. The van der Waals surface area contributed by atoms with E-state index >= 15 is 0 Å². The lowest BCUT2D eigenvalue weighted by atomic mass is 10.1. The number of hydrogen-bond donors (Lipinski definition) is 1. The Morgan fingerprint density at radius 3 is 2.44 bits per heavy atom. The van der Waals surface area contributed by atoms with Gasteiger partial charge in [0, 0.05) is 49.3 Å². The molecule has 1 aromatic heterocycles. The van der Waals surface area contributed by atoms with Crippen molar-refractivity contribution >= 4 is 22.9 Å². The van der Waals surface area contributed by atoms with Crippen LogP contribution >= 0.6 is 0 Å². The second-order valence-corrected chi connectivity index (χ2v) is 8.07. The first kappa shape index (κ1) is 20.3. The maximum atomic E-state index is 9.68. The van der Waals surface area contributed by atoms with Gasteiger partial charge in [0.2, 0.25) is 0 Å². The van der Waals surface area contributed by atoms with E-state index in [4.69, 9.17) is 4.74 Å². The molecule has 2 aliphatic rings. The summed E-state index contributed by atoms with van der Waals surface area (Å²) in [6.07, 6.45) is 4.10. The van der Waals surface area contributed by atoms with Crippen molar-refractivity contribution in [2.75, 3.05) is 54.5 Å². The highest BCUT2D eigenvalue weighted by Gasteiger charge is 2.17. The van der Waals surface area contributed by atoms with Crippen LogP contribution in [-0.2, 0) is 4.74 Å². The third-order valence-corrected chi connectivity index (χ3v) is 5.99. The Morgan fingerprint density at radius 1 is 0.906 bits per heavy atom. The van der Waals surface area contributed by atoms with Gasteiger partial charge in [-0.2, -0.15) is 5.26 Å². The van der Waals surface area contributed by atoms with Crippen molar-refractivity contribution in [3.8, 4) is 17.5 Å². The maximum Gasteiger partial charge on any atom is 0.161 e. The number of nitrogens with zero attached hydrogens (tertiary/aromatic N) is 5. The van der Waals surface area contributed by atoms with Crippen molar-refractivity contribution in [1.82, 2.24) is 9.97 Å². The molecule has 0 bridgehead atoms. The molecular formula is C25H26N6O. The van der Waals surface area contributed by atoms with Gasteiger partial charge < -0.3 is 19.9 Å². The molecule has 0 atom stereocenters. The summed E-state index contributed by atoms with van der Waals surface area (Å²) in [5.74, 6) is 1.32. The predicted molar refractivity (Wildman–Crippen MR) is 126 cm³/mol. The molecule has 0 amide bonds. The maximum absolute atomic E-state index is 9.68. The second-order valence-electron chi connectivity index (χ2n) is 8.07. The minimum absolute atomic E-state index is 0.601. The van der Waals surface area contributed by atoms with E-state index in [-0.39, 0.29) is 0 Å². The fraction of sp³-hybridized carbons (Fsp3) is 0.320. The summed E-state index contributed by atoms with van der Waals surface area (Å²) >= 11 is 0. The minimum atomic E-state index is 0.601. The molecule has 0 spiro atoms. The Kier molecular flexibility index (Phi) is 5.86. The molecule has 2 saturated heterocycles. The number of rotatable bonds is 5. The topological polar surface area (TPSA) is 77.3 Å². The normalized spacial score (nSPS) is 16.1. The molecule has 7 nitrogen and oxygen atoms in total. The number of anilines is 4. The number of hydrogen-bond acceptors (Lipinski definition) is 7. The molecule has 162 valence electrons. The van der Waals surface area contributed by atoms with Gasteiger partial charge in [0.05, 0.1) is 24.5 Å². The Morgan fingerprint density at radius 2 is 1.69 bits per heavy atom. The first-order valence-corrected chi connectivity index (χ1v) is 11.1. The number of nitrogens with one attached hydrogen (secondary N) is 1. The van der Waals surface area contributed by atoms with Crippen molar-refractivity contribution < 1.29 is 4.74 Å². The molecule has 2 aromatic carbocycles. The van der Waals surface area contributed by atoms with Crippen LogP contribution < -0.4 is 15.1 Å². The van der Waals surface area contributed by atoms with E-state index in [0.29, 0.717) is 11.4 Å². The third-order valence-electron chi connectivity index (χ3n) is 5.99. The summed E-state index contributed by atoms with van der Waals surface area (Å²) in [4.78, 5) is 13.7. The second kappa shape index (κ2) is 9.25. The molecule has 1 N–H and O–H groups in total. The average molecular weight is 427 g/mol. The van der Waals surface area contributed by atoms with Gasteiger partial charge in [0.1, 0.15) is 11.9 Å². The van der Waals surface area contributed by atoms with Gasteiger partial charge >= 0.3 is 0 Å². The fourth-order valence-corrected chi connectivity index (χ4v) is 4.29. The van der Waals surface area contributed by atoms with Crippen molar-refractivity contribution in [1.29, 1.82) is 5.26 Å². The summed E-state index contributed by atoms with van der Waals surface area (Å²) in [6.45, 7) is 5.40. The van der Waals surface area contributed by atoms with Gasteiger partial charge in [-0.3, -0.25) is 0 Å². The molecule has 2 fully saturated rings. The van der Waals surface area contributed by atoms with Gasteiger partial charge in [-0.25, -0.2) is 9.97 Å². The summed E-state index contributed by atoms with van der Waals surface area (Å²) in [6, 6.07) is 18.5. The van der Waals surface area contributed by atoms with Crippen molar-refractivity contribution in [2.45, 2.75) is 12.8 Å². The minimum Gasteiger partial charge on any atom is -0.378 e. The number of nitriles is 1. The molecule has 3 heterocycles. The van der Waals surface area contributed by atoms with Crippen LogP contribution in [0.1, 0.15) is 18.4 Å². The molecule has 0 unspecified atom stereocenters. The first-order valence-electron chi connectivity index (χ1n) is 11.1. The van der Waals surface area contributed by atoms with Gasteiger partial charge in [-0.05, 0) is 61.4 Å². The molecular weight excluding hydrogens is 400 g/mol. The molecule has 0 aliphatic carbocycles. The standard InChI is InChI=1S/C25H26N6O/c26-18-20-17-19(3-8-23(20)31-11-1-2-12-31)25-27-10-9-24(29-25)28-21-4-6-22(7-5-21)30-13-15-32-16-14-30/h3-10,17H,1-2,11-16H2,(H,27,28,29). The monoisotopic (exact) mass is 426 g/mol. The summed E-state index contributed by atoms with van der Waals surface area (Å²) < 4.78 is 5.43. The highest BCUT2D eigenvalue weighted by Crippen LogP contribution is 2.29. The molecule has 0 radical (unpaired) electrons. The van der Waals surface area contributed by atoms with E-state index in [9.17, 15) is 5.26 Å². The van der Waals surface area contributed by atoms with Crippen LogP contribution in [0.4, 0.5) is 22.9 Å². The quantitative estimate of drug-likeness (QED) is 0.655. The lowest BCUT2D eigenvalue weighted by Gasteiger charge is -2.28. The molecule has 7 heteroatoms. The zero-order chi connectivity index (χ0) is 21.8. The van der Waals surface area contributed by atoms with E-state index in [2.05, 4.69) is 55.4 Å². The SMILES string of the molecule is N#Cc1cc(-c2nccc(Nc3ccc(N4CCOCC4)cc3)n2)ccc1N1CCCC1. The summed E-state index contributed by atoms with van der Waals surface area (Å²) in [7, 11) is 0. The van der Waals surface area contributed by atoms with Crippen LogP contribution in [0.2, 0.25) is 0 Å². The van der Waals surface area contributed by atoms with Crippen LogP contribution in [0, 0.1) is 11.3 Å². The molecule has 3 aromatic rings. The van der Waals surface area contributed by atoms with Crippen LogP contribution in [0.5, 0.6) is 0 Å². The molecule has 32 heavy (non-hydrogen) atoms. The number of morpholine rings is 1. The van der Waals surface area contributed by atoms with Crippen molar-refractivity contribution in [3.05, 3.63) is 60.3 Å². The number of aromatic nitrogens is 2. The predicted octanol–water partition coefficient (Wildman–Crippen LogP) is 4.20. The van der Waals surface area contributed by atoms with E-state index in [1.165, 1.54) is 18.5 Å². The van der Waals surface area contributed by atoms with Crippen molar-refractivity contribution in [3.63, 3.8) is 0 Å². The fourth-order valence-electron chi connectivity index (χ4n) is 4.29. The van der Waals surface area contributed by atoms with Crippen molar-refractivity contribution in [2.24, 2.45) is 0 Å². The highest BCUT2D eigenvalue weighted by atomic mass is 16.5. The van der Waals surface area contributed by atoms with Gasteiger partial charge in [0.25, 0.3) is 0 Å². The van der Waals surface area contributed by atoms with E-state index < -0.39 is 0 Å². The smallest absolute Gasteiger partial charge is 0.161 e. The summed E-state index contributed by atoms with van der Waals surface area (Å²) in [5.41, 5.74) is 4.68. The molecule has 5 rings (SSSR count). The Balaban J connectivity index is 1.33. The first-order chi connectivity index (χ1) is 15.8.